The van der Waals surface area contributed by atoms with E-state index < -0.39 is 29.4 Å². The van der Waals surface area contributed by atoms with Gasteiger partial charge >= 0.3 is 11.9 Å². The zero-order valence-corrected chi connectivity index (χ0v) is 14.2. The van der Waals surface area contributed by atoms with Crippen LogP contribution in [-0.2, 0) is 23.9 Å². The molecule has 1 heterocycles. The molecule has 23 heavy (non-hydrogen) atoms. The minimum absolute atomic E-state index is 0.140. The highest BCUT2D eigenvalue weighted by Crippen LogP contribution is 2.43. The predicted molar refractivity (Wildman–Crippen MR) is 83.4 cm³/mol. The Morgan fingerprint density at radius 1 is 1.26 bits per heavy atom. The van der Waals surface area contributed by atoms with E-state index in [1.165, 1.54) is 6.42 Å². The molecule has 6 nitrogen and oxygen atoms in total. The van der Waals surface area contributed by atoms with Crippen molar-refractivity contribution in [1.29, 1.82) is 0 Å². The predicted octanol–water partition coefficient (Wildman–Crippen LogP) is 1.96. The lowest BCUT2D eigenvalue weighted by Gasteiger charge is -2.27. The van der Waals surface area contributed by atoms with Crippen molar-refractivity contribution in [2.24, 2.45) is 11.3 Å². The van der Waals surface area contributed by atoms with E-state index in [4.69, 9.17) is 9.47 Å². The molecule has 0 bridgehead atoms. The molecule has 1 amide bonds. The summed E-state index contributed by atoms with van der Waals surface area (Å²) in [5.74, 6) is -2.07. The maximum Gasteiger partial charge on any atom is 0.324 e. The van der Waals surface area contributed by atoms with Crippen LogP contribution in [0.3, 0.4) is 0 Å². The molecule has 0 spiro atoms. The smallest absolute Gasteiger partial charge is 0.324 e. The lowest BCUT2D eigenvalue weighted by Crippen LogP contribution is -2.47. The van der Waals surface area contributed by atoms with Gasteiger partial charge in [-0.25, -0.2) is 0 Å². The zero-order valence-electron chi connectivity index (χ0n) is 14.2. The van der Waals surface area contributed by atoms with Crippen LogP contribution in [0.5, 0.6) is 0 Å². The van der Waals surface area contributed by atoms with Crippen molar-refractivity contribution >= 4 is 17.8 Å². The number of hydrogen-bond acceptors (Lipinski definition) is 5. The molecule has 0 aromatic heterocycles. The summed E-state index contributed by atoms with van der Waals surface area (Å²) >= 11 is 0. The SMILES string of the molecule is CCOC(=O)[C@@]1(CC)C(=O)O[C@@H](C(=O)NC2CCCCC2)[C@@H]1C. The molecule has 3 atom stereocenters. The molecule has 1 aliphatic heterocycles. The Balaban J connectivity index is 2.11. The largest absolute Gasteiger partial charge is 0.465 e. The van der Waals surface area contributed by atoms with Crippen LogP contribution in [0.2, 0.25) is 0 Å². The van der Waals surface area contributed by atoms with Crippen LogP contribution in [0.1, 0.15) is 59.3 Å². The first-order chi connectivity index (χ1) is 11.0. The molecular weight excluding hydrogens is 298 g/mol. The minimum atomic E-state index is -1.37. The molecule has 6 heteroatoms. The molecular formula is C17H27NO5. The molecule has 1 saturated heterocycles. The van der Waals surface area contributed by atoms with Gasteiger partial charge in [0.15, 0.2) is 11.5 Å². The van der Waals surface area contributed by atoms with Crippen molar-refractivity contribution in [3.05, 3.63) is 0 Å². The second-order valence-corrected chi connectivity index (χ2v) is 6.50. The van der Waals surface area contributed by atoms with Gasteiger partial charge < -0.3 is 14.8 Å². The average Bonchev–Trinajstić information content (AvgIpc) is 2.80. The van der Waals surface area contributed by atoms with Crippen LogP contribution in [-0.4, -0.2) is 36.6 Å². The first-order valence-electron chi connectivity index (χ1n) is 8.66. The molecule has 0 unspecified atom stereocenters. The lowest BCUT2D eigenvalue weighted by molar-refractivity contribution is -0.166. The molecule has 2 fully saturated rings. The monoisotopic (exact) mass is 325 g/mol. The van der Waals surface area contributed by atoms with Crippen LogP contribution in [0.4, 0.5) is 0 Å². The van der Waals surface area contributed by atoms with Crippen molar-refractivity contribution in [2.75, 3.05) is 6.61 Å². The van der Waals surface area contributed by atoms with Crippen LogP contribution in [0, 0.1) is 11.3 Å². The standard InChI is InChI=1S/C17H27NO5/c1-4-17(15(20)22-5-2)11(3)13(23-16(17)21)14(19)18-12-9-7-6-8-10-12/h11-13H,4-10H2,1-3H3,(H,18,19)/t11-,13+,17-/m0/s1. The molecule has 2 rings (SSSR count). The van der Waals surface area contributed by atoms with E-state index >= 15 is 0 Å². The molecule has 0 aromatic rings. The van der Waals surface area contributed by atoms with E-state index in [1.807, 2.05) is 0 Å². The lowest BCUT2D eigenvalue weighted by atomic mass is 9.73. The van der Waals surface area contributed by atoms with E-state index in [0.29, 0.717) is 0 Å². The van der Waals surface area contributed by atoms with E-state index in [0.717, 1.165) is 25.7 Å². The van der Waals surface area contributed by atoms with Crippen LogP contribution in [0.15, 0.2) is 0 Å². The number of carbonyl (C=O) groups excluding carboxylic acids is 3. The van der Waals surface area contributed by atoms with Crippen LogP contribution in [0.25, 0.3) is 0 Å². The van der Waals surface area contributed by atoms with Gasteiger partial charge in [0.05, 0.1) is 6.61 Å². The highest BCUT2D eigenvalue weighted by Gasteiger charge is 2.62. The summed E-state index contributed by atoms with van der Waals surface area (Å²) < 4.78 is 10.4. The Labute approximate surface area is 137 Å². The maximum atomic E-state index is 12.5. The number of carbonyl (C=O) groups is 3. The molecule has 1 saturated carbocycles. The van der Waals surface area contributed by atoms with Crippen molar-refractivity contribution < 1.29 is 23.9 Å². The molecule has 0 radical (unpaired) electrons. The number of rotatable bonds is 5. The van der Waals surface area contributed by atoms with Gasteiger partial charge in [-0.05, 0) is 26.2 Å². The number of nitrogens with one attached hydrogen (secondary N) is 1. The number of esters is 2. The minimum Gasteiger partial charge on any atom is -0.465 e. The van der Waals surface area contributed by atoms with Gasteiger partial charge in [0, 0.05) is 12.0 Å². The third-order valence-corrected chi connectivity index (χ3v) is 5.24. The zero-order chi connectivity index (χ0) is 17.0. The molecule has 1 N–H and O–H groups in total. The number of cyclic esters (lactones) is 1. The summed E-state index contributed by atoms with van der Waals surface area (Å²) in [6.07, 6.45) is 4.66. The van der Waals surface area contributed by atoms with E-state index in [-0.39, 0.29) is 25.0 Å². The Kier molecular flexibility index (Phi) is 5.65. The van der Waals surface area contributed by atoms with Gasteiger partial charge in [-0.1, -0.05) is 33.1 Å². The fourth-order valence-electron chi connectivity index (χ4n) is 3.72. The third-order valence-electron chi connectivity index (χ3n) is 5.24. The fraction of sp³-hybridized carbons (Fsp3) is 0.824. The Hall–Kier alpha value is -1.59. The summed E-state index contributed by atoms with van der Waals surface area (Å²) in [4.78, 5) is 37.2. The van der Waals surface area contributed by atoms with Gasteiger partial charge in [-0.2, -0.15) is 0 Å². The summed E-state index contributed by atoms with van der Waals surface area (Å²) in [6, 6.07) is 0.140. The van der Waals surface area contributed by atoms with Crippen molar-refractivity contribution in [3.8, 4) is 0 Å². The van der Waals surface area contributed by atoms with Crippen molar-refractivity contribution in [3.63, 3.8) is 0 Å². The Morgan fingerprint density at radius 3 is 2.48 bits per heavy atom. The molecule has 1 aliphatic carbocycles. The fourth-order valence-corrected chi connectivity index (χ4v) is 3.72. The maximum absolute atomic E-state index is 12.5. The average molecular weight is 325 g/mol. The van der Waals surface area contributed by atoms with E-state index in [1.54, 1.807) is 20.8 Å². The highest BCUT2D eigenvalue weighted by atomic mass is 16.6. The number of amides is 1. The van der Waals surface area contributed by atoms with Crippen molar-refractivity contribution in [2.45, 2.75) is 71.4 Å². The summed E-state index contributed by atoms with van der Waals surface area (Å²) in [5, 5.41) is 2.98. The van der Waals surface area contributed by atoms with Gasteiger partial charge in [0.1, 0.15) is 0 Å². The molecule has 2 aliphatic rings. The second-order valence-electron chi connectivity index (χ2n) is 6.50. The third kappa shape index (κ3) is 3.21. The first-order valence-corrected chi connectivity index (χ1v) is 8.66. The van der Waals surface area contributed by atoms with Gasteiger partial charge in [0.2, 0.25) is 0 Å². The van der Waals surface area contributed by atoms with Crippen molar-refractivity contribution in [1.82, 2.24) is 5.32 Å². The normalized spacial score (nSPS) is 31.5. The van der Waals surface area contributed by atoms with Gasteiger partial charge in [0.25, 0.3) is 5.91 Å². The number of hydrogen-bond donors (Lipinski definition) is 1. The van der Waals surface area contributed by atoms with Crippen LogP contribution < -0.4 is 5.32 Å². The molecule has 130 valence electrons. The Morgan fingerprint density at radius 2 is 1.91 bits per heavy atom. The van der Waals surface area contributed by atoms with E-state index in [9.17, 15) is 14.4 Å². The Bertz CT molecular complexity index is 472. The summed E-state index contributed by atoms with van der Waals surface area (Å²) in [5.41, 5.74) is -1.37. The van der Waals surface area contributed by atoms with Gasteiger partial charge in [-0.15, -0.1) is 0 Å². The van der Waals surface area contributed by atoms with Crippen LogP contribution >= 0.6 is 0 Å². The quantitative estimate of drug-likeness (QED) is 0.617. The van der Waals surface area contributed by atoms with Gasteiger partial charge in [-0.3, -0.25) is 14.4 Å². The summed E-state index contributed by atoms with van der Waals surface area (Å²) in [6.45, 7) is 5.35. The van der Waals surface area contributed by atoms with E-state index in [2.05, 4.69) is 5.32 Å². The second kappa shape index (κ2) is 7.32. The topological polar surface area (TPSA) is 81.7 Å². The summed E-state index contributed by atoms with van der Waals surface area (Å²) in [7, 11) is 0. The first kappa shape index (κ1) is 17.8. The highest BCUT2D eigenvalue weighted by molar-refractivity contribution is 6.04. The molecule has 0 aromatic carbocycles. The number of ether oxygens (including phenoxy) is 2.